The molecule has 11 heavy (non-hydrogen) atoms. The highest BCUT2D eigenvalue weighted by molar-refractivity contribution is 6.55. The molecule has 0 amide bonds. The highest BCUT2D eigenvalue weighted by atomic mass is 16.5. The van der Waals surface area contributed by atoms with Crippen LogP contribution in [-0.2, 0) is 4.65 Å². The van der Waals surface area contributed by atoms with E-state index in [2.05, 4.69) is 39.5 Å². The molecule has 1 heterocycles. The van der Waals surface area contributed by atoms with Crippen LogP contribution in [0.2, 0.25) is 0 Å². The van der Waals surface area contributed by atoms with E-state index in [1.165, 1.54) is 0 Å². The minimum Gasteiger partial charge on any atom is -0.411 e. The molecule has 1 fully saturated rings. The van der Waals surface area contributed by atoms with E-state index in [1.807, 2.05) is 0 Å². The molecule has 3 heteroatoms. The second-order valence-corrected chi connectivity index (χ2v) is 4.05. The number of hydrogen-bond donors (Lipinski definition) is 1. The SMILES string of the molecule is C=CB1NC(C)(C)C(C)(C)O1. The molecule has 62 valence electrons. The summed E-state index contributed by atoms with van der Waals surface area (Å²) in [5, 5.41) is 3.33. The van der Waals surface area contributed by atoms with Crippen molar-refractivity contribution >= 4 is 7.05 Å². The van der Waals surface area contributed by atoms with Crippen LogP contribution in [0.15, 0.2) is 12.6 Å². The monoisotopic (exact) mass is 153 g/mol. The number of rotatable bonds is 1. The summed E-state index contributed by atoms with van der Waals surface area (Å²) in [5.41, 5.74) is -0.0995. The van der Waals surface area contributed by atoms with Gasteiger partial charge in [0.15, 0.2) is 0 Å². The normalized spacial score (nSPS) is 27.1. The summed E-state index contributed by atoms with van der Waals surface area (Å²) in [4.78, 5) is 0. The Bertz CT molecular complexity index is 161. The van der Waals surface area contributed by atoms with Gasteiger partial charge in [0.1, 0.15) is 0 Å². The Morgan fingerprint density at radius 3 is 2.09 bits per heavy atom. The van der Waals surface area contributed by atoms with Crippen LogP contribution in [0.5, 0.6) is 0 Å². The molecular weight excluding hydrogens is 137 g/mol. The molecule has 0 spiro atoms. The predicted molar refractivity (Wildman–Crippen MR) is 48.3 cm³/mol. The van der Waals surface area contributed by atoms with Gasteiger partial charge in [-0.1, -0.05) is 5.98 Å². The van der Waals surface area contributed by atoms with Gasteiger partial charge in [0, 0.05) is 5.54 Å². The molecule has 0 aliphatic carbocycles. The zero-order valence-electron chi connectivity index (χ0n) is 7.77. The number of nitrogens with one attached hydrogen (secondary N) is 1. The Labute approximate surface area is 69.1 Å². The van der Waals surface area contributed by atoms with Crippen molar-refractivity contribution in [3.05, 3.63) is 12.6 Å². The minimum atomic E-state index is -0.119. The van der Waals surface area contributed by atoms with E-state index >= 15 is 0 Å². The van der Waals surface area contributed by atoms with Crippen LogP contribution in [-0.4, -0.2) is 18.2 Å². The quantitative estimate of drug-likeness (QED) is 0.574. The average molecular weight is 153 g/mol. The Morgan fingerprint density at radius 1 is 1.36 bits per heavy atom. The van der Waals surface area contributed by atoms with E-state index in [0.717, 1.165) is 0 Å². The molecule has 0 aromatic rings. The zero-order chi connectivity index (χ0) is 8.70. The van der Waals surface area contributed by atoms with Crippen molar-refractivity contribution in [3.8, 4) is 0 Å². The van der Waals surface area contributed by atoms with Crippen molar-refractivity contribution < 1.29 is 4.65 Å². The summed E-state index contributed by atoms with van der Waals surface area (Å²) < 4.78 is 5.68. The summed E-state index contributed by atoms with van der Waals surface area (Å²) in [6.45, 7) is 12.1. The Morgan fingerprint density at radius 2 is 1.91 bits per heavy atom. The summed E-state index contributed by atoms with van der Waals surface area (Å²) in [7, 11) is 0. The van der Waals surface area contributed by atoms with Crippen LogP contribution in [0.1, 0.15) is 27.7 Å². The van der Waals surface area contributed by atoms with Crippen molar-refractivity contribution in [2.75, 3.05) is 0 Å². The fourth-order valence-corrected chi connectivity index (χ4v) is 1.13. The third kappa shape index (κ3) is 1.35. The molecular formula is C8H16BNO. The molecule has 0 aromatic carbocycles. The van der Waals surface area contributed by atoms with Gasteiger partial charge in [-0.05, 0) is 27.7 Å². The molecule has 1 N–H and O–H groups in total. The molecule has 2 nitrogen and oxygen atoms in total. The van der Waals surface area contributed by atoms with Gasteiger partial charge in [0.25, 0.3) is 0 Å². The first-order valence-corrected chi connectivity index (χ1v) is 3.97. The highest BCUT2D eigenvalue weighted by Crippen LogP contribution is 2.31. The molecule has 0 saturated carbocycles. The van der Waals surface area contributed by atoms with Crippen molar-refractivity contribution in [1.29, 1.82) is 0 Å². The lowest BCUT2D eigenvalue weighted by Crippen LogP contribution is -2.49. The summed E-state index contributed by atoms with van der Waals surface area (Å²) in [6.07, 6.45) is 0. The molecule has 0 atom stereocenters. The summed E-state index contributed by atoms with van der Waals surface area (Å²) in [5.74, 6) is 1.79. The highest BCUT2D eigenvalue weighted by Gasteiger charge is 2.47. The predicted octanol–water partition coefficient (Wildman–Crippen LogP) is 1.38. The third-order valence-corrected chi connectivity index (χ3v) is 2.64. The van der Waals surface area contributed by atoms with Crippen molar-refractivity contribution in [2.45, 2.75) is 38.8 Å². The van der Waals surface area contributed by atoms with Gasteiger partial charge >= 0.3 is 7.05 Å². The van der Waals surface area contributed by atoms with Crippen molar-refractivity contribution in [1.82, 2.24) is 5.23 Å². The van der Waals surface area contributed by atoms with E-state index in [9.17, 15) is 0 Å². The third-order valence-electron chi connectivity index (χ3n) is 2.64. The Balaban J connectivity index is 2.79. The first-order chi connectivity index (χ1) is 4.89. The Hall–Kier alpha value is -0.275. The van der Waals surface area contributed by atoms with Gasteiger partial charge in [0.05, 0.1) is 5.60 Å². The fraction of sp³-hybridized carbons (Fsp3) is 0.750. The molecule has 1 rings (SSSR count). The van der Waals surface area contributed by atoms with Crippen LogP contribution in [0, 0.1) is 0 Å². The zero-order valence-corrected chi connectivity index (χ0v) is 7.77. The summed E-state index contributed by atoms with van der Waals surface area (Å²) in [6, 6.07) is 0. The topological polar surface area (TPSA) is 21.3 Å². The van der Waals surface area contributed by atoms with E-state index in [-0.39, 0.29) is 18.2 Å². The first-order valence-electron chi connectivity index (χ1n) is 3.97. The molecule has 0 bridgehead atoms. The van der Waals surface area contributed by atoms with Crippen LogP contribution in [0.4, 0.5) is 0 Å². The second kappa shape index (κ2) is 2.36. The van der Waals surface area contributed by atoms with Crippen LogP contribution in [0.25, 0.3) is 0 Å². The van der Waals surface area contributed by atoms with Gasteiger partial charge in [-0.3, -0.25) is 0 Å². The van der Waals surface area contributed by atoms with Gasteiger partial charge < -0.3 is 9.88 Å². The van der Waals surface area contributed by atoms with E-state index < -0.39 is 0 Å². The Kier molecular flexibility index (Phi) is 1.89. The van der Waals surface area contributed by atoms with Gasteiger partial charge in [0.2, 0.25) is 0 Å². The van der Waals surface area contributed by atoms with Crippen molar-refractivity contribution in [3.63, 3.8) is 0 Å². The standard InChI is InChI=1S/C8H16BNO/c1-6-9-10-7(2,3)8(4,5)11-9/h6,10H,1H2,2-5H3. The van der Waals surface area contributed by atoms with Gasteiger partial charge in [-0.2, -0.15) is 0 Å². The van der Waals surface area contributed by atoms with Gasteiger partial charge in [-0.25, -0.2) is 0 Å². The van der Waals surface area contributed by atoms with Crippen LogP contribution < -0.4 is 5.23 Å². The molecule has 1 aliphatic heterocycles. The van der Waals surface area contributed by atoms with E-state index in [0.29, 0.717) is 0 Å². The first kappa shape index (κ1) is 8.82. The fourth-order valence-electron chi connectivity index (χ4n) is 1.13. The van der Waals surface area contributed by atoms with Crippen LogP contribution >= 0.6 is 0 Å². The number of hydrogen-bond acceptors (Lipinski definition) is 2. The van der Waals surface area contributed by atoms with Crippen LogP contribution in [0.3, 0.4) is 0 Å². The molecule has 0 unspecified atom stereocenters. The van der Waals surface area contributed by atoms with E-state index in [4.69, 9.17) is 4.65 Å². The lowest BCUT2D eigenvalue weighted by Gasteiger charge is -2.33. The second-order valence-electron chi connectivity index (χ2n) is 4.05. The largest absolute Gasteiger partial charge is 0.411 e. The van der Waals surface area contributed by atoms with Crippen molar-refractivity contribution in [2.24, 2.45) is 0 Å². The molecule has 1 aliphatic rings. The lowest BCUT2D eigenvalue weighted by atomic mass is 9.82. The van der Waals surface area contributed by atoms with Gasteiger partial charge in [-0.15, -0.1) is 6.58 Å². The molecule has 1 saturated heterocycles. The summed E-state index contributed by atoms with van der Waals surface area (Å²) >= 11 is 0. The molecule has 0 radical (unpaired) electrons. The van der Waals surface area contributed by atoms with E-state index in [1.54, 1.807) is 5.98 Å². The average Bonchev–Trinajstić information content (AvgIpc) is 2.03. The maximum absolute atomic E-state index is 5.68. The maximum Gasteiger partial charge on any atom is 0.408 e. The molecule has 0 aromatic heterocycles. The lowest BCUT2D eigenvalue weighted by molar-refractivity contribution is 0.0748. The smallest absolute Gasteiger partial charge is 0.408 e. The maximum atomic E-state index is 5.68. The minimum absolute atomic E-state index is 0.